The van der Waals surface area contributed by atoms with Crippen LogP contribution in [-0.4, -0.2) is 9.13 Å². The first-order valence-electron chi connectivity index (χ1n) is 10.3. The number of hydrogen-bond donors (Lipinski definition) is 0. The van der Waals surface area contributed by atoms with Gasteiger partial charge in [0, 0.05) is 7.05 Å². The zero-order valence-corrected chi connectivity index (χ0v) is 18.1. The average molecular weight is 424 g/mol. The van der Waals surface area contributed by atoms with Crippen LogP contribution in [0.2, 0.25) is 0 Å². The van der Waals surface area contributed by atoms with Crippen LogP contribution >= 0.6 is 0 Å². The highest BCUT2D eigenvalue weighted by Gasteiger charge is 2.20. The van der Waals surface area contributed by atoms with Gasteiger partial charge in [0.2, 0.25) is 0 Å². The summed E-state index contributed by atoms with van der Waals surface area (Å²) in [5.41, 5.74) is 3.77. The lowest BCUT2D eigenvalue weighted by molar-refractivity contribution is 0.856. The van der Waals surface area contributed by atoms with Crippen LogP contribution in [0, 0.1) is 20.8 Å². The largest absolute Gasteiger partial charge is 0.277 e. The fourth-order valence-electron chi connectivity index (χ4n) is 4.32. The highest BCUT2D eigenvalue weighted by atomic mass is 16.2. The Morgan fingerprint density at radius 3 is 1.50 bits per heavy atom. The lowest BCUT2D eigenvalue weighted by Crippen LogP contribution is -2.24. The number of aromatic nitrogens is 2. The zero-order chi connectivity index (χ0) is 22.9. The van der Waals surface area contributed by atoms with Crippen molar-refractivity contribution in [1.29, 1.82) is 0 Å². The summed E-state index contributed by atoms with van der Waals surface area (Å²) in [7, 11) is 1.38. The molecule has 0 bridgehead atoms. The van der Waals surface area contributed by atoms with E-state index in [0.29, 0.717) is 5.69 Å². The maximum absolute atomic E-state index is 13.2. The molecule has 0 saturated carbocycles. The van der Waals surface area contributed by atoms with E-state index >= 15 is 0 Å². The van der Waals surface area contributed by atoms with Gasteiger partial charge in [-0.05, 0) is 72.9 Å². The third-order valence-electron chi connectivity index (χ3n) is 6.37. The lowest BCUT2D eigenvalue weighted by Gasteiger charge is -2.10. The van der Waals surface area contributed by atoms with Gasteiger partial charge in [0.25, 0.3) is 22.2 Å². The van der Waals surface area contributed by atoms with E-state index < -0.39 is 22.2 Å². The maximum atomic E-state index is 13.2. The van der Waals surface area contributed by atoms with Crippen molar-refractivity contribution >= 4 is 21.5 Å². The number of fused-ring (bicyclic) bond motifs is 2. The van der Waals surface area contributed by atoms with Gasteiger partial charge in [-0.25, -0.2) is 4.57 Å². The van der Waals surface area contributed by atoms with Crippen molar-refractivity contribution < 1.29 is 0 Å². The Balaban J connectivity index is 1.73. The first kappa shape index (κ1) is 19.9. The molecule has 0 saturated heterocycles. The molecular weight excluding hydrogens is 404 g/mol. The molecule has 2 aromatic heterocycles. The SMILES string of the molecule is Cc1ccc(-c2ccc(-n3c(=O)c4cc5c(=O)n(C)c(=O)c5cc4c3=O)c(C)c2)cc1C. The Kier molecular flexibility index (Phi) is 4.17. The van der Waals surface area contributed by atoms with Crippen molar-refractivity contribution in [3.63, 3.8) is 0 Å². The lowest BCUT2D eigenvalue weighted by atomic mass is 9.98. The molecule has 0 aliphatic rings. The number of nitrogens with zero attached hydrogens (tertiary/aromatic N) is 2. The van der Waals surface area contributed by atoms with E-state index in [2.05, 4.69) is 26.0 Å². The van der Waals surface area contributed by atoms with Crippen molar-refractivity contribution in [2.75, 3.05) is 0 Å². The number of aryl methyl sites for hydroxylation is 3. The second-order valence-electron chi connectivity index (χ2n) is 8.36. The zero-order valence-electron chi connectivity index (χ0n) is 18.1. The Hall–Kier alpha value is -4.06. The molecule has 5 rings (SSSR count). The molecule has 158 valence electrons. The molecule has 0 radical (unpaired) electrons. The van der Waals surface area contributed by atoms with E-state index in [1.807, 2.05) is 25.1 Å². The van der Waals surface area contributed by atoms with Crippen molar-refractivity contribution in [2.45, 2.75) is 20.8 Å². The van der Waals surface area contributed by atoms with Crippen LogP contribution in [0.1, 0.15) is 16.7 Å². The molecule has 0 atom stereocenters. The van der Waals surface area contributed by atoms with Crippen LogP contribution in [0.5, 0.6) is 0 Å². The third kappa shape index (κ3) is 2.66. The molecule has 32 heavy (non-hydrogen) atoms. The predicted molar refractivity (Wildman–Crippen MR) is 127 cm³/mol. The van der Waals surface area contributed by atoms with E-state index in [4.69, 9.17) is 0 Å². The molecular formula is C26H20N2O4. The first-order valence-corrected chi connectivity index (χ1v) is 10.3. The summed E-state index contributed by atoms with van der Waals surface area (Å²) in [6, 6.07) is 14.6. The minimum absolute atomic E-state index is 0.142. The molecule has 3 aromatic carbocycles. The highest BCUT2D eigenvalue weighted by Crippen LogP contribution is 2.26. The van der Waals surface area contributed by atoms with Gasteiger partial charge in [-0.3, -0.25) is 23.7 Å². The normalized spacial score (nSPS) is 11.6. The minimum atomic E-state index is -0.496. The highest BCUT2D eigenvalue weighted by molar-refractivity contribution is 5.98. The van der Waals surface area contributed by atoms with Gasteiger partial charge in [-0.15, -0.1) is 0 Å². The van der Waals surface area contributed by atoms with E-state index in [1.165, 1.54) is 30.3 Å². The van der Waals surface area contributed by atoms with Crippen LogP contribution < -0.4 is 22.2 Å². The molecule has 0 unspecified atom stereocenters. The Bertz CT molecular complexity index is 1720. The molecule has 0 spiro atoms. The predicted octanol–water partition coefficient (Wildman–Crippen LogP) is 3.03. The van der Waals surface area contributed by atoms with Gasteiger partial charge in [-0.2, -0.15) is 0 Å². The number of rotatable bonds is 2. The summed E-state index contributed by atoms with van der Waals surface area (Å²) in [5, 5.41) is 0.591. The molecule has 2 heterocycles. The Morgan fingerprint density at radius 2 is 1.00 bits per heavy atom. The summed E-state index contributed by atoms with van der Waals surface area (Å²) in [6.45, 7) is 5.97. The summed E-state index contributed by atoms with van der Waals surface area (Å²) < 4.78 is 2.11. The van der Waals surface area contributed by atoms with E-state index in [-0.39, 0.29) is 21.5 Å². The molecule has 0 fully saturated rings. The van der Waals surface area contributed by atoms with Crippen LogP contribution in [0.4, 0.5) is 0 Å². The smallest absolute Gasteiger partial charge is 0.266 e. The van der Waals surface area contributed by atoms with Crippen LogP contribution in [0.15, 0.2) is 67.7 Å². The monoisotopic (exact) mass is 424 g/mol. The van der Waals surface area contributed by atoms with Crippen LogP contribution in [0.25, 0.3) is 38.4 Å². The Morgan fingerprint density at radius 1 is 0.531 bits per heavy atom. The average Bonchev–Trinajstić information content (AvgIpc) is 3.14. The van der Waals surface area contributed by atoms with Crippen molar-refractivity contribution in [3.05, 3.63) is 107 Å². The summed E-state index contributed by atoms with van der Waals surface area (Å²) >= 11 is 0. The molecule has 6 heteroatoms. The van der Waals surface area contributed by atoms with Gasteiger partial charge in [0.05, 0.1) is 27.2 Å². The molecule has 5 aromatic rings. The molecule has 0 amide bonds. The van der Waals surface area contributed by atoms with E-state index in [1.54, 1.807) is 6.07 Å². The van der Waals surface area contributed by atoms with Gasteiger partial charge < -0.3 is 0 Å². The minimum Gasteiger partial charge on any atom is -0.277 e. The van der Waals surface area contributed by atoms with Crippen molar-refractivity contribution in [3.8, 4) is 16.8 Å². The molecule has 0 N–H and O–H groups in total. The first-order chi connectivity index (χ1) is 15.2. The topological polar surface area (TPSA) is 78.1 Å². The van der Waals surface area contributed by atoms with E-state index in [0.717, 1.165) is 25.8 Å². The third-order valence-corrected chi connectivity index (χ3v) is 6.37. The number of hydrogen-bond acceptors (Lipinski definition) is 4. The maximum Gasteiger partial charge on any atom is 0.266 e. The number of benzene rings is 3. The van der Waals surface area contributed by atoms with Crippen molar-refractivity contribution in [1.82, 2.24) is 9.13 Å². The summed E-state index contributed by atoms with van der Waals surface area (Å²) in [5.74, 6) is 0. The van der Waals surface area contributed by atoms with Gasteiger partial charge >= 0.3 is 0 Å². The van der Waals surface area contributed by atoms with Gasteiger partial charge in [0.15, 0.2) is 0 Å². The molecule has 6 nitrogen and oxygen atoms in total. The van der Waals surface area contributed by atoms with E-state index in [9.17, 15) is 19.2 Å². The van der Waals surface area contributed by atoms with Crippen LogP contribution in [0.3, 0.4) is 0 Å². The Labute approximate surface area is 182 Å². The van der Waals surface area contributed by atoms with Crippen molar-refractivity contribution in [2.24, 2.45) is 7.05 Å². The second-order valence-corrected chi connectivity index (χ2v) is 8.36. The fraction of sp³-hybridized carbons (Fsp3) is 0.154. The standard InChI is InChI=1S/C26H20N2O4/c1-13-5-6-16(9-14(13)2)17-7-8-22(15(3)10-17)28-25(31)20-11-18-19(12-21(20)26(28)32)24(30)27(4)23(18)29/h5-12H,1-4H3. The quantitative estimate of drug-likeness (QED) is 0.436. The summed E-state index contributed by atoms with van der Waals surface area (Å²) in [6.07, 6.45) is 0. The molecule has 0 aliphatic heterocycles. The second kappa shape index (κ2) is 6.72. The van der Waals surface area contributed by atoms with Crippen LogP contribution in [-0.2, 0) is 7.05 Å². The summed E-state index contributed by atoms with van der Waals surface area (Å²) in [4.78, 5) is 50.9. The molecule has 0 aliphatic carbocycles. The fourth-order valence-corrected chi connectivity index (χ4v) is 4.32. The van der Waals surface area contributed by atoms with Gasteiger partial charge in [0.1, 0.15) is 0 Å². The van der Waals surface area contributed by atoms with Gasteiger partial charge in [-0.1, -0.05) is 24.3 Å².